The molecule has 2 rings (SSSR count). The van der Waals surface area contributed by atoms with Crippen LogP contribution >= 0.6 is 15.9 Å². The molecule has 4 heteroatoms. The lowest BCUT2D eigenvalue weighted by molar-refractivity contribution is 0.576. The number of nitrogens with zero attached hydrogens (tertiary/aromatic N) is 2. The fraction of sp³-hybridized carbons (Fsp3) is 0.364. The molecule has 15 heavy (non-hydrogen) atoms. The van der Waals surface area contributed by atoms with Gasteiger partial charge in [0.25, 0.3) is 0 Å². The Kier molecular flexibility index (Phi) is 2.26. The second-order valence-corrected chi connectivity index (χ2v) is 5.59. The van der Waals surface area contributed by atoms with Gasteiger partial charge < -0.3 is 5.73 Å². The van der Waals surface area contributed by atoms with Gasteiger partial charge in [0.15, 0.2) is 0 Å². The van der Waals surface area contributed by atoms with Gasteiger partial charge in [-0.3, -0.25) is 4.40 Å². The molecule has 3 nitrogen and oxygen atoms in total. The maximum Gasteiger partial charge on any atom is 0.138 e. The van der Waals surface area contributed by atoms with Gasteiger partial charge in [-0.25, -0.2) is 4.98 Å². The summed E-state index contributed by atoms with van der Waals surface area (Å²) in [7, 11) is 0. The molecule has 0 fully saturated rings. The SMILES string of the molecule is CC(C)(C)c1nc2ccc(Br)cn2c1N. The number of imidazole rings is 1. The maximum atomic E-state index is 6.07. The molecule has 0 amide bonds. The third-order valence-electron chi connectivity index (χ3n) is 2.33. The van der Waals surface area contributed by atoms with Gasteiger partial charge in [-0.1, -0.05) is 20.8 Å². The number of halogens is 1. The molecule has 0 saturated heterocycles. The molecule has 0 atom stereocenters. The lowest BCUT2D eigenvalue weighted by atomic mass is 9.92. The summed E-state index contributed by atoms with van der Waals surface area (Å²) in [6.07, 6.45) is 1.94. The van der Waals surface area contributed by atoms with Crippen molar-refractivity contribution in [3.8, 4) is 0 Å². The smallest absolute Gasteiger partial charge is 0.138 e. The third-order valence-corrected chi connectivity index (χ3v) is 2.80. The van der Waals surface area contributed by atoms with Crippen LogP contribution in [0.15, 0.2) is 22.8 Å². The number of hydrogen-bond acceptors (Lipinski definition) is 2. The van der Waals surface area contributed by atoms with Crippen molar-refractivity contribution in [3.05, 3.63) is 28.5 Å². The zero-order chi connectivity index (χ0) is 11.2. The van der Waals surface area contributed by atoms with E-state index in [1.807, 2.05) is 22.7 Å². The molecule has 2 heterocycles. The minimum absolute atomic E-state index is 0.0252. The molecule has 0 unspecified atom stereocenters. The monoisotopic (exact) mass is 267 g/mol. The Bertz CT molecular complexity index is 508. The van der Waals surface area contributed by atoms with E-state index in [1.165, 1.54) is 0 Å². The molecule has 80 valence electrons. The zero-order valence-corrected chi connectivity index (χ0v) is 10.7. The van der Waals surface area contributed by atoms with Crippen molar-refractivity contribution in [2.24, 2.45) is 0 Å². The second kappa shape index (κ2) is 3.23. The Morgan fingerprint density at radius 2 is 2.00 bits per heavy atom. The summed E-state index contributed by atoms with van der Waals surface area (Å²) in [5, 5.41) is 0. The Balaban J connectivity index is 2.76. The van der Waals surface area contributed by atoms with E-state index in [-0.39, 0.29) is 5.41 Å². The van der Waals surface area contributed by atoms with Crippen LogP contribution < -0.4 is 5.73 Å². The number of fused-ring (bicyclic) bond motifs is 1. The first-order valence-electron chi connectivity index (χ1n) is 4.83. The highest BCUT2D eigenvalue weighted by atomic mass is 79.9. The number of pyridine rings is 1. The van der Waals surface area contributed by atoms with Crippen molar-refractivity contribution in [2.75, 3.05) is 5.73 Å². The fourth-order valence-electron chi connectivity index (χ4n) is 1.59. The summed E-state index contributed by atoms with van der Waals surface area (Å²) in [5.74, 6) is 0.721. The fourth-order valence-corrected chi connectivity index (χ4v) is 1.93. The topological polar surface area (TPSA) is 43.3 Å². The van der Waals surface area contributed by atoms with Crippen LogP contribution in [0.1, 0.15) is 26.5 Å². The first-order chi connectivity index (χ1) is 6.89. The Hall–Kier alpha value is -1.03. The van der Waals surface area contributed by atoms with Gasteiger partial charge in [-0.15, -0.1) is 0 Å². The Morgan fingerprint density at radius 1 is 1.33 bits per heavy atom. The van der Waals surface area contributed by atoms with Gasteiger partial charge in [0.2, 0.25) is 0 Å². The van der Waals surface area contributed by atoms with E-state index in [2.05, 4.69) is 41.7 Å². The van der Waals surface area contributed by atoms with E-state index >= 15 is 0 Å². The van der Waals surface area contributed by atoms with E-state index in [4.69, 9.17) is 5.73 Å². The highest BCUT2D eigenvalue weighted by molar-refractivity contribution is 9.10. The van der Waals surface area contributed by atoms with E-state index in [9.17, 15) is 0 Å². The highest BCUT2D eigenvalue weighted by Crippen LogP contribution is 2.28. The number of nitrogens with two attached hydrogens (primary N) is 1. The van der Waals surface area contributed by atoms with Crippen LogP contribution in [-0.4, -0.2) is 9.38 Å². The van der Waals surface area contributed by atoms with Crippen molar-refractivity contribution < 1.29 is 0 Å². The summed E-state index contributed by atoms with van der Waals surface area (Å²) in [5.41, 5.74) is 7.88. The molecule has 2 aromatic rings. The average Bonchev–Trinajstić information content (AvgIpc) is 2.43. The Morgan fingerprint density at radius 3 is 2.60 bits per heavy atom. The molecule has 0 aromatic carbocycles. The van der Waals surface area contributed by atoms with Crippen molar-refractivity contribution >= 4 is 27.4 Å². The number of nitrogen functional groups attached to an aromatic ring is 1. The van der Waals surface area contributed by atoms with Crippen LogP contribution in [0.3, 0.4) is 0 Å². The van der Waals surface area contributed by atoms with Crippen molar-refractivity contribution in [3.63, 3.8) is 0 Å². The number of hydrogen-bond donors (Lipinski definition) is 1. The molecule has 2 N–H and O–H groups in total. The number of aromatic nitrogens is 2. The lowest BCUT2D eigenvalue weighted by Crippen LogP contribution is -2.14. The van der Waals surface area contributed by atoms with Crippen LogP contribution in [-0.2, 0) is 5.41 Å². The predicted octanol–water partition coefficient (Wildman–Crippen LogP) is 2.98. The summed E-state index contributed by atoms with van der Waals surface area (Å²) < 4.78 is 2.91. The third kappa shape index (κ3) is 1.74. The standard InChI is InChI=1S/C11H14BrN3/c1-11(2,3)9-10(13)15-6-7(12)4-5-8(15)14-9/h4-6H,13H2,1-3H3. The Labute approximate surface area is 97.4 Å². The second-order valence-electron chi connectivity index (χ2n) is 4.67. The minimum atomic E-state index is -0.0252. The molecule has 2 aromatic heterocycles. The van der Waals surface area contributed by atoms with Gasteiger partial charge in [0.05, 0.1) is 5.69 Å². The molecule has 0 saturated carbocycles. The van der Waals surface area contributed by atoms with Gasteiger partial charge in [0, 0.05) is 16.1 Å². The molecule has 0 radical (unpaired) electrons. The minimum Gasteiger partial charge on any atom is -0.383 e. The average molecular weight is 268 g/mol. The molecule has 0 spiro atoms. The quantitative estimate of drug-likeness (QED) is 0.798. The molecular formula is C11H14BrN3. The number of anilines is 1. The van der Waals surface area contributed by atoms with Gasteiger partial charge in [-0.2, -0.15) is 0 Å². The van der Waals surface area contributed by atoms with Crippen LogP contribution in [0, 0.1) is 0 Å². The summed E-state index contributed by atoms with van der Waals surface area (Å²) in [6, 6.07) is 3.92. The highest BCUT2D eigenvalue weighted by Gasteiger charge is 2.22. The zero-order valence-electron chi connectivity index (χ0n) is 9.08. The first kappa shape index (κ1) is 10.5. The van der Waals surface area contributed by atoms with Gasteiger partial charge in [-0.05, 0) is 28.1 Å². The molecule has 0 aliphatic carbocycles. The lowest BCUT2D eigenvalue weighted by Gasteiger charge is -2.15. The van der Waals surface area contributed by atoms with E-state index in [0.717, 1.165) is 21.6 Å². The van der Waals surface area contributed by atoms with Crippen LogP contribution in [0.25, 0.3) is 5.65 Å². The number of rotatable bonds is 0. The van der Waals surface area contributed by atoms with Crippen LogP contribution in [0.5, 0.6) is 0 Å². The van der Waals surface area contributed by atoms with Crippen molar-refractivity contribution in [1.29, 1.82) is 0 Å². The van der Waals surface area contributed by atoms with Crippen molar-refractivity contribution in [1.82, 2.24) is 9.38 Å². The van der Waals surface area contributed by atoms with Crippen LogP contribution in [0.2, 0.25) is 0 Å². The molecule has 0 aliphatic heterocycles. The molecular weight excluding hydrogens is 254 g/mol. The van der Waals surface area contributed by atoms with Crippen molar-refractivity contribution in [2.45, 2.75) is 26.2 Å². The maximum absolute atomic E-state index is 6.07. The first-order valence-corrected chi connectivity index (χ1v) is 5.62. The summed E-state index contributed by atoms with van der Waals surface area (Å²) in [4.78, 5) is 4.54. The van der Waals surface area contributed by atoms with Gasteiger partial charge in [0.1, 0.15) is 11.5 Å². The van der Waals surface area contributed by atoms with E-state index in [1.54, 1.807) is 0 Å². The molecule has 0 aliphatic rings. The normalized spacial score (nSPS) is 12.3. The summed E-state index contributed by atoms with van der Waals surface area (Å²) in [6.45, 7) is 6.33. The van der Waals surface area contributed by atoms with E-state index < -0.39 is 0 Å². The summed E-state index contributed by atoms with van der Waals surface area (Å²) >= 11 is 3.42. The molecule has 0 bridgehead atoms. The van der Waals surface area contributed by atoms with Gasteiger partial charge >= 0.3 is 0 Å². The largest absolute Gasteiger partial charge is 0.383 e. The van der Waals surface area contributed by atoms with E-state index in [0.29, 0.717) is 0 Å². The predicted molar refractivity (Wildman–Crippen MR) is 66.0 cm³/mol. The van der Waals surface area contributed by atoms with Crippen LogP contribution in [0.4, 0.5) is 5.82 Å².